The van der Waals surface area contributed by atoms with E-state index in [9.17, 15) is 14.7 Å². The quantitative estimate of drug-likeness (QED) is 0.505. The predicted octanol–water partition coefficient (Wildman–Crippen LogP) is 5.72. The molecular weight excluding hydrogens is 430 g/mol. The number of carboxylic acid groups (broad SMARTS) is 1. The summed E-state index contributed by atoms with van der Waals surface area (Å²) in [4.78, 5) is 25.0. The molecule has 0 radical (unpaired) electrons. The maximum atomic E-state index is 13.1. The number of aromatic nitrogens is 1. The SMILES string of the molecule is COC(=O)C12CC1c1cc(OC)ccc1-c1c(C3CCCCC3)c3ccc(C(=O)O)cc3n1C2. The third-order valence-electron chi connectivity index (χ3n) is 8.36. The number of methoxy groups -OCH3 is 2. The molecule has 2 fully saturated rings. The van der Waals surface area contributed by atoms with E-state index in [4.69, 9.17) is 9.47 Å². The van der Waals surface area contributed by atoms with Crippen molar-refractivity contribution in [1.82, 2.24) is 4.57 Å². The Kier molecular flexibility index (Phi) is 4.77. The molecule has 6 rings (SSSR count). The molecule has 6 heteroatoms. The second-order valence-electron chi connectivity index (χ2n) is 10.1. The molecule has 0 spiro atoms. The summed E-state index contributed by atoms with van der Waals surface area (Å²) in [5, 5.41) is 10.8. The van der Waals surface area contributed by atoms with E-state index in [0.29, 0.717) is 12.5 Å². The van der Waals surface area contributed by atoms with Gasteiger partial charge in [-0.25, -0.2) is 4.79 Å². The number of hydrogen-bond acceptors (Lipinski definition) is 4. The van der Waals surface area contributed by atoms with Crippen molar-refractivity contribution in [2.45, 2.75) is 56.9 Å². The molecule has 0 bridgehead atoms. The summed E-state index contributed by atoms with van der Waals surface area (Å²) in [5.41, 5.74) is 5.21. The molecule has 2 aromatic carbocycles. The summed E-state index contributed by atoms with van der Waals surface area (Å²) >= 11 is 0. The summed E-state index contributed by atoms with van der Waals surface area (Å²) in [5.74, 6) is 0.113. The molecule has 34 heavy (non-hydrogen) atoms. The fraction of sp³-hybridized carbons (Fsp3) is 0.429. The average Bonchev–Trinajstić information content (AvgIpc) is 3.54. The molecule has 6 nitrogen and oxygen atoms in total. The fourth-order valence-corrected chi connectivity index (χ4v) is 6.60. The van der Waals surface area contributed by atoms with Gasteiger partial charge in [0, 0.05) is 28.9 Å². The van der Waals surface area contributed by atoms with Crippen molar-refractivity contribution in [3.63, 3.8) is 0 Å². The highest BCUT2D eigenvalue weighted by molar-refractivity contribution is 5.99. The maximum absolute atomic E-state index is 13.1. The first-order chi connectivity index (χ1) is 16.5. The minimum Gasteiger partial charge on any atom is -0.497 e. The Morgan fingerprint density at radius 2 is 1.85 bits per heavy atom. The average molecular weight is 460 g/mol. The zero-order valence-corrected chi connectivity index (χ0v) is 19.6. The van der Waals surface area contributed by atoms with Crippen LogP contribution in [0.1, 0.15) is 71.8 Å². The summed E-state index contributed by atoms with van der Waals surface area (Å²) in [7, 11) is 3.12. The molecule has 3 aromatic rings. The smallest absolute Gasteiger partial charge is 0.335 e. The van der Waals surface area contributed by atoms with Crippen molar-refractivity contribution >= 4 is 22.8 Å². The van der Waals surface area contributed by atoms with Crippen LogP contribution in [0.2, 0.25) is 0 Å². The van der Waals surface area contributed by atoms with Crippen molar-refractivity contribution < 1.29 is 24.2 Å². The van der Waals surface area contributed by atoms with E-state index < -0.39 is 11.4 Å². The number of carbonyl (C=O) groups excluding carboxylic acids is 1. The zero-order valence-electron chi connectivity index (χ0n) is 19.6. The fourth-order valence-electron chi connectivity index (χ4n) is 6.60. The van der Waals surface area contributed by atoms with Crippen LogP contribution in [0.3, 0.4) is 0 Å². The van der Waals surface area contributed by atoms with Gasteiger partial charge in [0.15, 0.2) is 0 Å². The second-order valence-corrected chi connectivity index (χ2v) is 10.1. The van der Waals surface area contributed by atoms with Crippen LogP contribution < -0.4 is 4.74 Å². The Bertz CT molecular complexity index is 1330. The van der Waals surface area contributed by atoms with Crippen LogP contribution in [-0.2, 0) is 16.1 Å². The van der Waals surface area contributed by atoms with Crippen molar-refractivity contribution in [1.29, 1.82) is 0 Å². The maximum Gasteiger partial charge on any atom is 0.335 e. The summed E-state index contributed by atoms with van der Waals surface area (Å²) in [6, 6.07) is 11.6. The minimum absolute atomic E-state index is 0.0573. The van der Waals surface area contributed by atoms with Crippen LogP contribution in [-0.4, -0.2) is 35.8 Å². The lowest BCUT2D eigenvalue weighted by Gasteiger charge is -2.24. The Hall–Kier alpha value is -3.28. The molecular formula is C28H29NO5. The molecule has 2 saturated carbocycles. The Labute approximate surface area is 198 Å². The van der Waals surface area contributed by atoms with Gasteiger partial charge in [-0.05, 0) is 66.6 Å². The number of fused-ring (bicyclic) bond motifs is 7. The van der Waals surface area contributed by atoms with E-state index in [0.717, 1.165) is 52.7 Å². The lowest BCUT2D eigenvalue weighted by Crippen LogP contribution is -2.24. The molecule has 1 N–H and O–H groups in total. The van der Waals surface area contributed by atoms with Crippen LogP contribution in [0.5, 0.6) is 5.75 Å². The Morgan fingerprint density at radius 3 is 2.56 bits per heavy atom. The lowest BCUT2D eigenvalue weighted by atomic mass is 9.81. The number of esters is 1. The zero-order chi connectivity index (χ0) is 23.6. The van der Waals surface area contributed by atoms with Crippen molar-refractivity contribution in [2.24, 2.45) is 5.41 Å². The summed E-state index contributed by atoms with van der Waals surface area (Å²) in [6.07, 6.45) is 6.64. The van der Waals surface area contributed by atoms with Gasteiger partial charge in [0.2, 0.25) is 0 Å². The second kappa shape index (κ2) is 7.62. The number of rotatable bonds is 4. The molecule has 1 aliphatic heterocycles. The Morgan fingerprint density at radius 1 is 1.06 bits per heavy atom. The first kappa shape index (κ1) is 21.3. The molecule has 0 saturated heterocycles. The molecule has 176 valence electrons. The van der Waals surface area contributed by atoms with E-state index in [1.165, 1.54) is 31.9 Å². The highest BCUT2D eigenvalue weighted by Gasteiger charge is 2.63. The summed E-state index contributed by atoms with van der Waals surface area (Å²) < 4.78 is 13.1. The van der Waals surface area contributed by atoms with Gasteiger partial charge in [-0.15, -0.1) is 0 Å². The third-order valence-corrected chi connectivity index (χ3v) is 8.36. The van der Waals surface area contributed by atoms with E-state index >= 15 is 0 Å². The van der Waals surface area contributed by atoms with Crippen molar-refractivity contribution in [3.8, 4) is 17.0 Å². The van der Waals surface area contributed by atoms with Gasteiger partial charge in [-0.2, -0.15) is 0 Å². The van der Waals surface area contributed by atoms with Gasteiger partial charge < -0.3 is 19.1 Å². The van der Waals surface area contributed by atoms with Crippen LogP contribution >= 0.6 is 0 Å². The van der Waals surface area contributed by atoms with Gasteiger partial charge in [-0.1, -0.05) is 25.3 Å². The number of carbonyl (C=O) groups is 2. The van der Waals surface area contributed by atoms with Gasteiger partial charge in [0.1, 0.15) is 5.75 Å². The number of aromatic carboxylic acids is 1. The normalized spacial score (nSPS) is 23.4. The number of carboxylic acids is 1. The minimum atomic E-state index is -0.942. The van der Waals surface area contributed by atoms with E-state index in [2.05, 4.69) is 16.7 Å². The van der Waals surface area contributed by atoms with Crippen LogP contribution in [0.4, 0.5) is 0 Å². The highest BCUT2D eigenvalue weighted by atomic mass is 16.5. The van der Waals surface area contributed by atoms with Gasteiger partial charge in [0.25, 0.3) is 0 Å². The predicted molar refractivity (Wildman–Crippen MR) is 129 cm³/mol. The molecule has 3 aliphatic rings. The largest absolute Gasteiger partial charge is 0.497 e. The molecule has 2 atom stereocenters. The first-order valence-electron chi connectivity index (χ1n) is 12.1. The van der Waals surface area contributed by atoms with Crippen molar-refractivity contribution in [3.05, 3.63) is 53.1 Å². The van der Waals surface area contributed by atoms with Crippen LogP contribution in [0, 0.1) is 5.41 Å². The van der Waals surface area contributed by atoms with Gasteiger partial charge >= 0.3 is 11.9 Å². The van der Waals surface area contributed by atoms with Crippen molar-refractivity contribution in [2.75, 3.05) is 14.2 Å². The molecule has 2 heterocycles. The summed E-state index contributed by atoms with van der Waals surface area (Å²) in [6.45, 7) is 0.489. The standard InChI is InChI=1S/C28H29NO5/c1-33-18-9-11-19-21(13-18)22-14-28(22,27(32)34-2)15-29-23-12-17(26(30)31)8-10-20(23)24(25(19)29)16-6-4-3-5-7-16/h8-13,16,22H,3-7,14-15H2,1-2H3,(H,30,31). The van der Waals surface area contributed by atoms with E-state index in [1.54, 1.807) is 19.2 Å². The van der Waals surface area contributed by atoms with E-state index in [-0.39, 0.29) is 17.5 Å². The van der Waals surface area contributed by atoms with Gasteiger partial charge in [0.05, 0.1) is 30.9 Å². The Balaban J connectivity index is 1.69. The number of hydrogen-bond donors (Lipinski definition) is 1. The number of ether oxygens (including phenoxy) is 2. The highest BCUT2D eigenvalue weighted by Crippen LogP contribution is 2.65. The van der Waals surface area contributed by atoms with E-state index in [1.807, 2.05) is 12.1 Å². The molecule has 2 unspecified atom stereocenters. The number of benzene rings is 2. The van der Waals surface area contributed by atoms with Crippen LogP contribution in [0.15, 0.2) is 36.4 Å². The lowest BCUT2D eigenvalue weighted by molar-refractivity contribution is -0.147. The number of nitrogens with zero attached hydrogens (tertiary/aromatic N) is 1. The molecule has 0 amide bonds. The first-order valence-corrected chi connectivity index (χ1v) is 12.1. The van der Waals surface area contributed by atoms with Gasteiger partial charge in [-0.3, -0.25) is 4.79 Å². The molecule has 2 aliphatic carbocycles. The van der Waals surface area contributed by atoms with Crippen LogP contribution in [0.25, 0.3) is 22.2 Å². The monoisotopic (exact) mass is 459 g/mol. The third kappa shape index (κ3) is 2.93. The molecule has 1 aromatic heterocycles. The topological polar surface area (TPSA) is 77.8 Å².